The number of sulfonamides is 1. The van der Waals surface area contributed by atoms with Crippen LogP contribution in [0.2, 0.25) is 0 Å². The van der Waals surface area contributed by atoms with Gasteiger partial charge in [0.2, 0.25) is 5.88 Å². The van der Waals surface area contributed by atoms with Crippen LogP contribution in [0.3, 0.4) is 0 Å². The van der Waals surface area contributed by atoms with E-state index in [1.807, 2.05) is 28.1 Å². The molecule has 0 radical (unpaired) electrons. The molecule has 1 rings (SSSR count). The normalized spacial score (nSPS) is 36.3. The molecule has 1 unspecified atom stereocenters. The first-order chi connectivity index (χ1) is 6.18. The second-order valence-corrected chi connectivity index (χ2v) is 6.22. The van der Waals surface area contributed by atoms with Gasteiger partial charge in [-0.25, -0.2) is 17.6 Å². The van der Waals surface area contributed by atoms with Gasteiger partial charge in [0.25, 0.3) is 0 Å². The first-order valence-corrected chi connectivity index (χ1v) is 6.28. The number of rotatable bonds is 1. The molecule has 1 aliphatic rings. The van der Waals surface area contributed by atoms with Gasteiger partial charge in [-0.05, 0) is 6.92 Å². The third kappa shape index (κ3) is 2.89. The van der Waals surface area contributed by atoms with Gasteiger partial charge >= 0.3 is 10.0 Å². The van der Waals surface area contributed by atoms with Crippen LogP contribution in [0.25, 0.3) is 0 Å². The Morgan fingerprint density at radius 3 is 2.36 bits per heavy atom. The van der Waals surface area contributed by atoms with Crippen molar-refractivity contribution in [2.45, 2.75) is 6.92 Å². The van der Waals surface area contributed by atoms with E-state index >= 15 is 0 Å². The molecule has 6 nitrogen and oxygen atoms in total. The van der Waals surface area contributed by atoms with Crippen LogP contribution in [0.15, 0.2) is 0 Å². The highest BCUT2D eigenvalue weighted by atomic mass is 32.2. The zero-order chi connectivity index (χ0) is 11.0. The molecule has 0 aliphatic carbocycles. The zero-order valence-electron chi connectivity index (χ0n) is 9.24. The van der Waals surface area contributed by atoms with Crippen LogP contribution in [0, 0.1) is 0 Å². The van der Waals surface area contributed by atoms with E-state index in [4.69, 9.17) is 0 Å². The highest BCUT2D eigenvalue weighted by molar-refractivity contribution is 7.89. The minimum absolute atomic E-state index is 0.0564. The lowest BCUT2D eigenvalue weighted by Crippen LogP contribution is -2.60. The van der Waals surface area contributed by atoms with Gasteiger partial charge in [-0.2, -0.15) is 0 Å². The van der Waals surface area contributed by atoms with E-state index in [9.17, 15) is 8.42 Å². The second-order valence-electron chi connectivity index (χ2n) is 4.55. The maximum Gasteiger partial charge on any atom is 0.306 e. The molecule has 7 heteroatoms. The fraction of sp³-hybridized carbons (Fsp3) is 1.00. The summed E-state index contributed by atoms with van der Waals surface area (Å²) in [5, 5.41) is 0. The summed E-state index contributed by atoms with van der Waals surface area (Å²) in [5.74, 6) is 0.0564. The summed E-state index contributed by atoms with van der Waals surface area (Å²) in [4.78, 5) is 2.67. The maximum absolute atomic E-state index is 11.7. The van der Waals surface area contributed by atoms with E-state index in [1.165, 1.54) is 0 Å². The van der Waals surface area contributed by atoms with Crippen molar-refractivity contribution >= 4 is 10.0 Å². The Morgan fingerprint density at radius 2 is 1.86 bits per heavy atom. The lowest BCUT2D eigenvalue weighted by molar-refractivity contribution is -0.988. The molecule has 1 atom stereocenters. The largest absolute Gasteiger partial charge is 0.306 e. The monoisotopic (exact) mass is 224 g/mol. The van der Waals surface area contributed by atoms with E-state index in [0.29, 0.717) is 17.8 Å². The van der Waals surface area contributed by atoms with Crippen LogP contribution in [0.1, 0.15) is 6.92 Å². The Labute approximate surface area is 85.7 Å². The Balaban J connectivity index is 2.96. The van der Waals surface area contributed by atoms with Crippen molar-refractivity contribution in [3.8, 4) is 0 Å². The Hall–Kier alpha value is -0.210. The molecule has 0 aromatic heterocycles. The Kier molecular flexibility index (Phi) is 2.90. The third-order valence-corrected chi connectivity index (χ3v) is 4.10. The molecule has 0 aromatic carbocycles. The summed E-state index contributed by atoms with van der Waals surface area (Å²) >= 11 is 0. The molecule has 1 saturated heterocycles. The van der Waals surface area contributed by atoms with Crippen LogP contribution in [0.5, 0.6) is 0 Å². The van der Waals surface area contributed by atoms with Crippen LogP contribution < -0.4 is 10.3 Å². The molecular weight excluding hydrogens is 204 g/mol. The van der Waals surface area contributed by atoms with Gasteiger partial charge in [-0.3, -0.25) is 0 Å². The van der Waals surface area contributed by atoms with E-state index < -0.39 is 10.0 Å². The molecule has 0 saturated carbocycles. The first kappa shape index (κ1) is 11.9. The van der Waals surface area contributed by atoms with Gasteiger partial charge in [-0.1, -0.05) is 4.83 Å². The highest BCUT2D eigenvalue weighted by Crippen LogP contribution is 2.07. The van der Waals surface area contributed by atoms with Crippen molar-refractivity contribution in [3.05, 3.63) is 0 Å². The van der Waals surface area contributed by atoms with Gasteiger partial charge in [0.1, 0.15) is 0 Å². The Bertz CT molecular complexity index is 314. The Morgan fingerprint density at radius 1 is 1.29 bits per heavy atom. The number of quaternary nitrogens is 2. The third-order valence-electron chi connectivity index (χ3n) is 2.40. The topological polar surface area (TPSA) is 58.2 Å². The molecule has 0 spiro atoms. The van der Waals surface area contributed by atoms with Crippen molar-refractivity contribution in [2.24, 2.45) is 0 Å². The van der Waals surface area contributed by atoms with E-state index in [2.05, 4.69) is 10.3 Å². The van der Waals surface area contributed by atoms with Crippen LogP contribution in [0.4, 0.5) is 0 Å². The number of nitrogens with one attached hydrogen (secondary N) is 2. The summed E-state index contributed by atoms with van der Waals surface area (Å²) in [6.45, 7) is 3.25. The number of hydrogen-bond donors (Lipinski definition) is 2. The summed E-state index contributed by atoms with van der Waals surface area (Å²) in [7, 11) is 2.32. The quantitative estimate of drug-likeness (QED) is 0.550. The summed E-state index contributed by atoms with van der Waals surface area (Å²) in [5.41, 5.74) is 3.19. The molecule has 1 fully saturated rings. The van der Waals surface area contributed by atoms with Gasteiger partial charge in [0.15, 0.2) is 6.67 Å². The number of nitrogens with zero attached hydrogens (tertiary/aromatic N) is 2. The predicted octanol–water partition coefficient (Wildman–Crippen LogP) is -1.20. The lowest BCUT2D eigenvalue weighted by Gasteiger charge is -2.29. The minimum Gasteiger partial charge on any atom is -0.232 e. The van der Waals surface area contributed by atoms with Gasteiger partial charge < -0.3 is 0 Å². The van der Waals surface area contributed by atoms with Gasteiger partial charge in [0, 0.05) is 0 Å². The molecule has 0 aromatic rings. The summed E-state index contributed by atoms with van der Waals surface area (Å²) in [6, 6.07) is 0. The average molecular weight is 224 g/mol. The average Bonchev–Trinajstić information content (AvgIpc) is 2.05. The van der Waals surface area contributed by atoms with Crippen LogP contribution >= 0.6 is 0 Å². The molecular formula is C7H20N4O2S+2. The predicted molar refractivity (Wildman–Crippen MR) is 53.8 cm³/mol. The second kappa shape index (κ2) is 3.42. The van der Waals surface area contributed by atoms with Crippen molar-refractivity contribution in [1.29, 1.82) is 0 Å². The molecule has 84 valence electrons. The van der Waals surface area contributed by atoms with E-state index in [-0.39, 0.29) is 10.5 Å². The molecule has 2 N–H and O–H groups in total. The number of hydrogen-bond acceptors (Lipinski definition) is 3. The zero-order valence-corrected chi connectivity index (χ0v) is 10.1. The van der Waals surface area contributed by atoms with Crippen molar-refractivity contribution < 1.29 is 17.6 Å². The SMILES string of the molecule is CC[N+]1(C)CN[N+](C)(C)CS(=O)(=O)N1. The van der Waals surface area contributed by atoms with Crippen LogP contribution in [-0.2, 0) is 10.0 Å². The summed E-state index contributed by atoms with van der Waals surface area (Å²) in [6.07, 6.45) is 0. The van der Waals surface area contributed by atoms with Crippen molar-refractivity contribution in [1.82, 2.24) is 10.3 Å². The van der Waals surface area contributed by atoms with E-state index in [0.717, 1.165) is 0 Å². The van der Waals surface area contributed by atoms with E-state index in [1.54, 1.807) is 0 Å². The molecule has 1 heterocycles. The maximum atomic E-state index is 11.7. The molecule has 0 amide bonds. The highest BCUT2D eigenvalue weighted by Gasteiger charge is 2.38. The van der Waals surface area contributed by atoms with Crippen LogP contribution in [-0.4, -0.2) is 57.8 Å². The van der Waals surface area contributed by atoms with Gasteiger partial charge in [0.05, 0.1) is 27.7 Å². The fourth-order valence-electron chi connectivity index (χ4n) is 1.39. The molecule has 1 aliphatic heterocycles. The smallest absolute Gasteiger partial charge is 0.232 e. The molecule has 14 heavy (non-hydrogen) atoms. The van der Waals surface area contributed by atoms with Crippen molar-refractivity contribution in [2.75, 3.05) is 40.2 Å². The molecule has 0 bridgehead atoms. The lowest BCUT2D eigenvalue weighted by atomic mass is 10.6. The first-order valence-electron chi connectivity index (χ1n) is 4.62. The summed E-state index contributed by atoms with van der Waals surface area (Å²) < 4.78 is 23.9. The fourth-order valence-corrected chi connectivity index (χ4v) is 3.26. The minimum atomic E-state index is -3.21. The van der Waals surface area contributed by atoms with Gasteiger partial charge in [-0.15, -0.1) is 5.43 Å². The standard InChI is InChI=1S/C7H20N4O2S/c1-5-11(4)6-8-10(2,3)7-14(12,13)9-11/h8-9H,5-7H2,1-4H3/q+2. The van der Waals surface area contributed by atoms with Crippen molar-refractivity contribution in [3.63, 3.8) is 0 Å².